The van der Waals surface area contributed by atoms with Crippen LogP contribution < -0.4 is 10.7 Å². The van der Waals surface area contributed by atoms with Crippen LogP contribution >= 0.6 is 39.1 Å². The highest BCUT2D eigenvalue weighted by atomic mass is 79.9. The van der Waals surface area contributed by atoms with Crippen molar-refractivity contribution < 1.29 is 14.7 Å². The summed E-state index contributed by atoms with van der Waals surface area (Å²) in [5, 5.41) is 17.0. The molecule has 0 fully saturated rings. The standard InChI is InChI=1S/C21H14BrCl2N3O3/c22-13-5-8-19(28)12(9-13)11-25-27-21(30)16-3-1-2-4-18(16)26-20(29)15-7-6-14(23)10-17(15)24/h1-11,28H,(H,26,29)(H,27,30)/b25-11-. The molecular formula is C21H14BrCl2N3O3. The van der Waals surface area contributed by atoms with Crippen molar-refractivity contribution in [1.29, 1.82) is 0 Å². The van der Waals surface area contributed by atoms with Gasteiger partial charge in [0.05, 0.1) is 28.1 Å². The predicted molar refractivity (Wildman–Crippen MR) is 122 cm³/mol. The Hall–Kier alpha value is -2.87. The molecular weight excluding hydrogens is 493 g/mol. The van der Waals surface area contributed by atoms with E-state index in [1.807, 2.05) is 0 Å². The molecule has 3 N–H and O–H groups in total. The van der Waals surface area contributed by atoms with Crippen molar-refractivity contribution in [2.45, 2.75) is 0 Å². The van der Waals surface area contributed by atoms with Gasteiger partial charge < -0.3 is 10.4 Å². The van der Waals surface area contributed by atoms with Gasteiger partial charge in [0.25, 0.3) is 11.8 Å². The summed E-state index contributed by atoms with van der Waals surface area (Å²) in [5.74, 6) is -1.01. The van der Waals surface area contributed by atoms with Crippen LogP contribution in [0.2, 0.25) is 10.0 Å². The molecule has 0 radical (unpaired) electrons. The molecule has 0 aliphatic heterocycles. The number of hydrazone groups is 1. The summed E-state index contributed by atoms with van der Waals surface area (Å²) in [7, 11) is 0. The first-order valence-corrected chi connectivity index (χ1v) is 10.1. The largest absolute Gasteiger partial charge is 0.507 e. The van der Waals surface area contributed by atoms with Crippen molar-refractivity contribution in [3.05, 3.63) is 91.9 Å². The normalized spacial score (nSPS) is 10.8. The number of aromatic hydroxyl groups is 1. The molecule has 0 heterocycles. The van der Waals surface area contributed by atoms with Gasteiger partial charge in [-0.2, -0.15) is 5.10 Å². The summed E-state index contributed by atoms with van der Waals surface area (Å²) in [5.41, 5.74) is 3.50. The minimum absolute atomic E-state index is 0.0173. The number of carbonyl (C=O) groups is 2. The number of phenols is 1. The number of hydrogen-bond donors (Lipinski definition) is 3. The Morgan fingerprint density at radius 2 is 1.73 bits per heavy atom. The molecule has 0 bridgehead atoms. The second-order valence-corrected chi connectivity index (χ2v) is 7.79. The van der Waals surface area contributed by atoms with E-state index in [9.17, 15) is 14.7 Å². The van der Waals surface area contributed by atoms with Gasteiger partial charge in [-0.25, -0.2) is 5.43 Å². The molecule has 0 saturated carbocycles. The summed E-state index contributed by atoms with van der Waals surface area (Å²) in [6, 6.07) is 15.8. The fourth-order valence-electron chi connectivity index (χ4n) is 2.50. The Morgan fingerprint density at radius 3 is 2.50 bits per heavy atom. The molecule has 3 aromatic carbocycles. The van der Waals surface area contributed by atoms with Crippen LogP contribution in [0.25, 0.3) is 0 Å². The first kappa shape index (κ1) is 21.8. The second-order valence-electron chi connectivity index (χ2n) is 6.03. The lowest BCUT2D eigenvalue weighted by Gasteiger charge is -2.11. The number of carbonyl (C=O) groups excluding carboxylic acids is 2. The summed E-state index contributed by atoms with van der Waals surface area (Å²) in [6.07, 6.45) is 1.31. The Bertz CT molecular complexity index is 1150. The average molecular weight is 507 g/mol. The summed E-state index contributed by atoms with van der Waals surface area (Å²) in [4.78, 5) is 25.1. The minimum Gasteiger partial charge on any atom is -0.507 e. The van der Waals surface area contributed by atoms with E-state index < -0.39 is 11.8 Å². The van der Waals surface area contributed by atoms with Gasteiger partial charge in [-0.05, 0) is 48.5 Å². The zero-order valence-electron chi connectivity index (χ0n) is 15.2. The van der Waals surface area contributed by atoms with E-state index in [4.69, 9.17) is 23.2 Å². The molecule has 0 atom stereocenters. The van der Waals surface area contributed by atoms with Crippen LogP contribution in [0, 0.1) is 0 Å². The molecule has 152 valence electrons. The van der Waals surface area contributed by atoms with Gasteiger partial charge in [0.1, 0.15) is 5.75 Å². The van der Waals surface area contributed by atoms with Crippen LogP contribution in [0.1, 0.15) is 26.3 Å². The third-order valence-corrected chi connectivity index (χ3v) is 5.00. The van der Waals surface area contributed by atoms with E-state index in [1.165, 1.54) is 24.4 Å². The topological polar surface area (TPSA) is 90.8 Å². The van der Waals surface area contributed by atoms with Gasteiger partial charge in [-0.15, -0.1) is 0 Å². The van der Waals surface area contributed by atoms with Crippen LogP contribution in [-0.2, 0) is 0 Å². The van der Waals surface area contributed by atoms with Gasteiger partial charge in [-0.1, -0.05) is 51.3 Å². The van der Waals surface area contributed by atoms with E-state index in [2.05, 4.69) is 31.8 Å². The van der Waals surface area contributed by atoms with Crippen molar-refractivity contribution in [3.63, 3.8) is 0 Å². The predicted octanol–water partition coefficient (Wildman–Crippen LogP) is 5.48. The zero-order chi connectivity index (χ0) is 21.7. The molecule has 6 nitrogen and oxygen atoms in total. The van der Waals surface area contributed by atoms with Crippen molar-refractivity contribution in [1.82, 2.24) is 5.43 Å². The van der Waals surface area contributed by atoms with E-state index in [1.54, 1.807) is 42.5 Å². The van der Waals surface area contributed by atoms with E-state index in [-0.39, 0.29) is 27.6 Å². The molecule has 0 aliphatic rings. The SMILES string of the molecule is O=C(Nc1ccccc1C(=O)N/N=C\c1cc(Br)ccc1O)c1ccc(Cl)cc1Cl. The summed E-state index contributed by atoms with van der Waals surface area (Å²) in [6.45, 7) is 0. The maximum Gasteiger partial charge on any atom is 0.273 e. The summed E-state index contributed by atoms with van der Waals surface area (Å²) < 4.78 is 0.752. The zero-order valence-corrected chi connectivity index (χ0v) is 18.3. The van der Waals surface area contributed by atoms with Crippen LogP contribution in [0.3, 0.4) is 0 Å². The molecule has 3 rings (SSSR count). The highest BCUT2D eigenvalue weighted by molar-refractivity contribution is 9.10. The molecule has 0 aromatic heterocycles. The maximum atomic E-state index is 12.6. The van der Waals surface area contributed by atoms with Crippen LogP contribution in [0.15, 0.2) is 70.2 Å². The van der Waals surface area contributed by atoms with E-state index >= 15 is 0 Å². The van der Waals surface area contributed by atoms with Crippen molar-refractivity contribution in [2.24, 2.45) is 5.10 Å². The van der Waals surface area contributed by atoms with Crippen molar-refractivity contribution in [2.75, 3.05) is 5.32 Å². The number of hydrogen-bond acceptors (Lipinski definition) is 4. The van der Waals surface area contributed by atoms with Gasteiger partial charge in [-0.3, -0.25) is 9.59 Å². The smallest absolute Gasteiger partial charge is 0.273 e. The van der Waals surface area contributed by atoms with Crippen LogP contribution in [0.4, 0.5) is 5.69 Å². The summed E-state index contributed by atoms with van der Waals surface area (Å²) >= 11 is 15.2. The Labute approximate surface area is 190 Å². The van der Waals surface area contributed by atoms with E-state index in [0.29, 0.717) is 10.6 Å². The molecule has 2 amide bonds. The second kappa shape index (κ2) is 9.75. The number of amides is 2. The maximum absolute atomic E-state index is 12.6. The van der Waals surface area contributed by atoms with Gasteiger partial charge in [0.15, 0.2) is 0 Å². The highest BCUT2D eigenvalue weighted by Gasteiger charge is 2.16. The van der Waals surface area contributed by atoms with Crippen LogP contribution in [-0.4, -0.2) is 23.1 Å². The number of anilines is 1. The molecule has 30 heavy (non-hydrogen) atoms. The number of halogens is 3. The fourth-order valence-corrected chi connectivity index (χ4v) is 3.38. The van der Waals surface area contributed by atoms with Gasteiger partial charge >= 0.3 is 0 Å². The lowest BCUT2D eigenvalue weighted by Crippen LogP contribution is -2.21. The Balaban J connectivity index is 1.75. The van der Waals surface area contributed by atoms with Gasteiger partial charge in [0, 0.05) is 15.1 Å². The van der Waals surface area contributed by atoms with E-state index in [0.717, 1.165) is 4.47 Å². The molecule has 9 heteroatoms. The molecule has 0 aliphatic carbocycles. The molecule has 3 aromatic rings. The molecule has 0 unspecified atom stereocenters. The van der Waals surface area contributed by atoms with Crippen molar-refractivity contribution in [3.8, 4) is 5.75 Å². The lowest BCUT2D eigenvalue weighted by molar-refractivity contribution is 0.0956. The monoisotopic (exact) mass is 505 g/mol. The first-order valence-electron chi connectivity index (χ1n) is 8.52. The van der Waals surface area contributed by atoms with Gasteiger partial charge in [0.2, 0.25) is 0 Å². The number of para-hydroxylation sites is 1. The number of nitrogens with one attached hydrogen (secondary N) is 2. The quantitative estimate of drug-likeness (QED) is 0.316. The fraction of sp³-hybridized carbons (Fsp3) is 0. The Morgan fingerprint density at radius 1 is 0.967 bits per heavy atom. The number of nitrogens with zero attached hydrogens (tertiary/aromatic N) is 1. The highest BCUT2D eigenvalue weighted by Crippen LogP contribution is 2.23. The Kier molecular flexibility index (Phi) is 7.10. The van der Waals surface area contributed by atoms with Crippen molar-refractivity contribution >= 4 is 62.8 Å². The van der Waals surface area contributed by atoms with Crippen LogP contribution in [0.5, 0.6) is 5.75 Å². The average Bonchev–Trinajstić information content (AvgIpc) is 2.70. The number of phenolic OH excluding ortho intramolecular Hbond substituents is 1. The molecule has 0 spiro atoms. The first-order chi connectivity index (χ1) is 14.3. The lowest BCUT2D eigenvalue weighted by atomic mass is 10.1. The third-order valence-electron chi connectivity index (χ3n) is 3.95. The third kappa shape index (κ3) is 5.38. The number of benzene rings is 3. The number of rotatable bonds is 5. The molecule has 0 saturated heterocycles. The minimum atomic E-state index is -0.543.